The molecule has 0 rings (SSSR count). The van der Waals surface area contributed by atoms with E-state index < -0.39 is 6.10 Å². The topological polar surface area (TPSA) is 78.9 Å². The number of hydrogen-bond donors (Lipinski definition) is 0. The molecule has 0 aliphatic rings. The van der Waals surface area contributed by atoms with Crippen LogP contribution in [0.1, 0.15) is 297 Å². The van der Waals surface area contributed by atoms with Crippen LogP contribution in [0.15, 0.2) is 122 Å². The molecule has 0 saturated heterocycles. The van der Waals surface area contributed by atoms with E-state index in [2.05, 4.69) is 142 Å². The number of esters is 3. The van der Waals surface area contributed by atoms with Gasteiger partial charge in [0.1, 0.15) is 13.2 Å². The Morgan fingerprint density at radius 2 is 0.500 bits per heavy atom. The van der Waals surface area contributed by atoms with Gasteiger partial charge in [-0.2, -0.15) is 0 Å². The molecule has 0 bridgehead atoms. The van der Waals surface area contributed by atoms with Crippen LogP contribution in [-0.2, 0) is 28.6 Å². The van der Waals surface area contributed by atoms with Gasteiger partial charge in [-0.15, -0.1) is 0 Å². The Kier molecular flexibility index (Phi) is 61.8. The average Bonchev–Trinajstić information content (AvgIpc) is 3.44. The first kappa shape index (κ1) is 73.8. The molecule has 444 valence electrons. The second-order valence-corrected chi connectivity index (χ2v) is 21.3. The molecule has 1 atom stereocenters. The fraction of sp³-hybridized carbons (Fsp3) is 0.681. The van der Waals surface area contributed by atoms with Gasteiger partial charge in [0.15, 0.2) is 6.10 Å². The summed E-state index contributed by atoms with van der Waals surface area (Å²) in [6, 6.07) is 0. The van der Waals surface area contributed by atoms with Gasteiger partial charge in [0.25, 0.3) is 0 Å². The summed E-state index contributed by atoms with van der Waals surface area (Å²) in [5.41, 5.74) is 0. The normalized spacial score (nSPS) is 12.9. The molecule has 0 fully saturated rings. The molecule has 0 aromatic carbocycles. The standard InChI is InChI=1S/C72H120O6/c1-4-7-10-13-16-19-22-25-27-29-31-32-33-34-35-36-37-38-39-40-42-43-45-47-50-53-56-59-62-65-71(74)77-68-69(67-76-70(73)64-61-58-55-52-49-24-21-18-15-12-9-6-3)78-72(75)66-63-60-57-54-51-48-46-44-41-30-28-26-23-20-17-14-11-8-5-2/h7,10,16,18-19,21,25-28,31-32,34-35,37-38,40,42,45,47,69H,4-6,8-9,11-15,17,20,22-24,29-30,33,36,39,41,43-44,46,48-68H2,1-3H3/b10-7-,19-16-,21-18-,27-25-,28-26-,32-31-,35-34-,38-37-,42-40-,47-45-. The van der Waals surface area contributed by atoms with Gasteiger partial charge in [-0.1, -0.05) is 264 Å². The lowest BCUT2D eigenvalue weighted by Crippen LogP contribution is -2.30. The van der Waals surface area contributed by atoms with Crippen LogP contribution in [0.25, 0.3) is 0 Å². The number of allylic oxidation sites excluding steroid dienone is 20. The fourth-order valence-corrected chi connectivity index (χ4v) is 8.80. The maximum absolute atomic E-state index is 12.9. The molecular formula is C72H120O6. The van der Waals surface area contributed by atoms with Crippen molar-refractivity contribution in [1.29, 1.82) is 0 Å². The highest BCUT2D eigenvalue weighted by molar-refractivity contribution is 5.71. The molecule has 6 heteroatoms. The van der Waals surface area contributed by atoms with Crippen molar-refractivity contribution >= 4 is 17.9 Å². The third-order valence-electron chi connectivity index (χ3n) is 13.7. The van der Waals surface area contributed by atoms with Crippen LogP contribution >= 0.6 is 0 Å². The second-order valence-electron chi connectivity index (χ2n) is 21.3. The Morgan fingerprint density at radius 3 is 0.821 bits per heavy atom. The van der Waals surface area contributed by atoms with Crippen molar-refractivity contribution in [3.63, 3.8) is 0 Å². The van der Waals surface area contributed by atoms with Crippen molar-refractivity contribution in [3.8, 4) is 0 Å². The summed E-state index contributed by atoms with van der Waals surface area (Å²) in [5, 5.41) is 0. The van der Waals surface area contributed by atoms with Gasteiger partial charge >= 0.3 is 17.9 Å². The van der Waals surface area contributed by atoms with E-state index in [1.165, 1.54) is 128 Å². The van der Waals surface area contributed by atoms with Crippen LogP contribution in [0, 0.1) is 0 Å². The number of unbranched alkanes of at least 4 members (excludes halogenated alkanes) is 27. The maximum Gasteiger partial charge on any atom is 0.306 e. The van der Waals surface area contributed by atoms with Gasteiger partial charge in [0, 0.05) is 19.3 Å². The highest BCUT2D eigenvalue weighted by Gasteiger charge is 2.19. The monoisotopic (exact) mass is 1080 g/mol. The molecule has 0 aromatic rings. The van der Waals surface area contributed by atoms with Crippen LogP contribution in [0.3, 0.4) is 0 Å². The summed E-state index contributed by atoms with van der Waals surface area (Å²) in [6.45, 7) is 6.48. The molecule has 0 amide bonds. The lowest BCUT2D eigenvalue weighted by molar-refractivity contribution is -0.167. The van der Waals surface area contributed by atoms with E-state index in [0.29, 0.717) is 19.3 Å². The molecule has 0 aromatic heterocycles. The maximum atomic E-state index is 12.9. The van der Waals surface area contributed by atoms with E-state index in [-0.39, 0.29) is 31.1 Å². The zero-order valence-electron chi connectivity index (χ0n) is 50.9. The molecule has 6 nitrogen and oxygen atoms in total. The summed E-state index contributed by atoms with van der Waals surface area (Å²) >= 11 is 0. The van der Waals surface area contributed by atoms with E-state index >= 15 is 0 Å². The zero-order chi connectivity index (χ0) is 56.4. The molecule has 1 unspecified atom stereocenters. The summed E-state index contributed by atoms with van der Waals surface area (Å²) in [7, 11) is 0. The highest BCUT2D eigenvalue weighted by Crippen LogP contribution is 2.15. The number of carbonyl (C=O) groups excluding carboxylic acids is 3. The molecule has 0 aliphatic heterocycles. The first-order valence-electron chi connectivity index (χ1n) is 32.5. The average molecular weight is 1080 g/mol. The van der Waals surface area contributed by atoms with Crippen molar-refractivity contribution in [1.82, 2.24) is 0 Å². The van der Waals surface area contributed by atoms with E-state index in [0.717, 1.165) is 128 Å². The largest absolute Gasteiger partial charge is 0.462 e. The Morgan fingerprint density at radius 1 is 0.269 bits per heavy atom. The van der Waals surface area contributed by atoms with Gasteiger partial charge in [-0.05, 0) is 135 Å². The first-order valence-corrected chi connectivity index (χ1v) is 32.5. The molecule has 0 N–H and O–H groups in total. The lowest BCUT2D eigenvalue weighted by Gasteiger charge is -2.18. The van der Waals surface area contributed by atoms with Crippen LogP contribution in [-0.4, -0.2) is 37.2 Å². The van der Waals surface area contributed by atoms with E-state index in [1.807, 2.05) is 0 Å². The third kappa shape index (κ3) is 62.7. The van der Waals surface area contributed by atoms with E-state index in [4.69, 9.17) is 14.2 Å². The smallest absolute Gasteiger partial charge is 0.306 e. The minimum Gasteiger partial charge on any atom is -0.462 e. The van der Waals surface area contributed by atoms with Crippen molar-refractivity contribution in [2.24, 2.45) is 0 Å². The molecule has 0 heterocycles. The quantitative estimate of drug-likeness (QED) is 0.0261. The predicted molar refractivity (Wildman–Crippen MR) is 339 cm³/mol. The molecule has 0 spiro atoms. The molecule has 78 heavy (non-hydrogen) atoms. The van der Waals surface area contributed by atoms with Crippen molar-refractivity contribution in [2.75, 3.05) is 13.2 Å². The summed E-state index contributed by atoms with van der Waals surface area (Å²) in [5.74, 6) is -0.924. The Labute approximate surface area is 482 Å². The van der Waals surface area contributed by atoms with Crippen molar-refractivity contribution in [2.45, 2.75) is 303 Å². The van der Waals surface area contributed by atoms with Crippen LogP contribution in [0.2, 0.25) is 0 Å². The molecule has 0 aliphatic carbocycles. The second kappa shape index (κ2) is 65.3. The van der Waals surface area contributed by atoms with Crippen molar-refractivity contribution < 1.29 is 28.6 Å². The van der Waals surface area contributed by atoms with E-state index in [1.54, 1.807) is 0 Å². The Balaban J connectivity index is 4.37. The van der Waals surface area contributed by atoms with E-state index in [9.17, 15) is 14.4 Å². The Bertz CT molecular complexity index is 1620. The van der Waals surface area contributed by atoms with Gasteiger partial charge < -0.3 is 14.2 Å². The third-order valence-corrected chi connectivity index (χ3v) is 13.7. The Hall–Kier alpha value is -4.19. The molecule has 0 saturated carbocycles. The van der Waals surface area contributed by atoms with Gasteiger partial charge in [-0.3, -0.25) is 14.4 Å². The lowest BCUT2D eigenvalue weighted by atomic mass is 10.1. The van der Waals surface area contributed by atoms with Gasteiger partial charge in [0.2, 0.25) is 0 Å². The minimum atomic E-state index is -0.797. The van der Waals surface area contributed by atoms with Gasteiger partial charge in [0.05, 0.1) is 0 Å². The first-order chi connectivity index (χ1) is 38.5. The number of hydrogen-bond acceptors (Lipinski definition) is 6. The SMILES string of the molecule is CC/C=C\C/C=C\C/C=C\C/C=C\C/C=C\C/C=C\C/C=C\C/C=C\CCCCCCC(=O)OCC(COC(=O)CCCCCCC/C=C\CCCCC)OC(=O)CCCCCCCCCCC/C=C\CCCCCCCC. The van der Waals surface area contributed by atoms with Gasteiger partial charge in [-0.25, -0.2) is 0 Å². The summed E-state index contributed by atoms with van der Waals surface area (Å²) in [6.07, 6.45) is 90.6. The minimum absolute atomic E-state index is 0.0925. The van der Waals surface area contributed by atoms with Crippen LogP contribution in [0.4, 0.5) is 0 Å². The summed E-state index contributed by atoms with van der Waals surface area (Å²) < 4.78 is 16.9. The summed E-state index contributed by atoms with van der Waals surface area (Å²) in [4.78, 5) is 38.3. The van der Waals surface area contributed by atoms with Crippen molar-refractivity contribution in [3.05, 3.63) is 122 Å². The zero-order valence-corrected chi connectivity index (χ0v) is 50.9. The number of carbonyl (C=O) groups is 3. The number of ether oxygens (including phenoxy) is 3. The fourth-order valence-electron chi connectivity index (χ4n) is 8.80. The number of rotatable bonds is 58. The van der Waals surface area contributed by atoms with Crippen LogP contribution < -0.4 is 0 Å². The molecular weight excluding hydrogens is 961 g/mol. The highest BCUT2D eigenvalue weighted by atomic mass is 16.6. The molecule has 0 radical (unpaired) electrons. The predicted octanol–water partition coefficient (Wildman–Crippen LogP) is 22.4. The van der Waals surface area contributed by atoms with Crippen LogP contribution in [0.5, 0.6) is 0 Å².